The van der Waals surface area contributed by atoms with E-state index in [1.165, 1.54) is 4.90 Å². The molecule has 15 heavy (non-hydrogen) atoms. The average molecular weight is 319 g/mol. The summed E-state index contributed by atoms with van der Waals surface area (Å²) in [6.45, 7) is 5.62. The van der Waals surface area contributed by atoms with Gasteiger partial charge in [-0.3, -0.25) is 4.90 Å². The fourth-order valence-corrected chi connectivity index (χ4v) is 1.73. The highest BCUT2D eigenvalue weighted by Crippen LogP contribution is 2.24. The summed E-state index contributed by atoms with van der Waals surface area (Å²) < 4.78 is 1.09. The van der Waals surface area contributed by atoms with E-state index >= 15 is 0 Å². The fourth-order valence-electron chi connectivity index (χ4n) is 1.37. The summed E-state index contributed by atoms with van der Waals surface area (Å²) in [5.74, 6) is 0. The maximum atomic E-state index is 11.2. The van der Waals surface area contributed by atoms with Crippen LogP contribution in [-0.4, -0.2) is 16.7 Å². The number of anilines is 1. The fraction of sp³-hybridized carbons (Fsp3) is 0.364. The summed E-state index contributed by atoms with van der Waals surface area (Å²) in [7, 11) is 0. The highest BCUT2D eigenvalue weighted by molar-refractivity contribution is 14.1. The van der Waals surface area contributed by atoms with E-state index in [4.69, 9.17) is 5.11 Å². The van der Waals surface area contributed by atoms with Gasteiger partial charge >= 0.3 is 6.09 Å². The lowest BCUT2D eigenvalue weighted by Gasteiger charge is -2.33. The van der Waals surface area contributed by atoms with Crippen LogP contribution in [0.1, 0.15) is 20.8 Å². The van der Waals surface area contributed by atoms with Crippen LogP contribution in [0.5, 0.6) is 0 Å². The smallest absolute Gasteiger partial charge is 0.412 e. The van der Waals surface area contributed by atoms with E-state index in [9.17, 15) is 4.79 Å². The zero-order valence-electron chi connectivity index (χ0n) is 8.99. The maximum absolute atomic E-state index is 11.2. The molecule has 1 rings (SSSR count). The van der Waals surface area contributed by atoms with Crippen LogP contribution in [0, 0.1) is 3.57 Å². The molecule has 0 saturated carbocycles. The van der Waals surface area contributed by atoms with Crippen molar-refractivity contribution in [3.63, 3.8) is 0 Å². The molecule has 0 aliphatic rings. The Bertz CT molecular complexity index is 354. The van der Waals surface area contributed by atoms with Crippen LogP contribution in [0.4, 0.5) is 10.5 Å². The number of carboxylic acid groups (broad SMARTS) is 1. The third kappa shape index (κ3) is 3.09. The largest absolute Gasteiger partial charge is 0.465 e. The number of amides is 1. The van der Waals surface area contributed by atoms with Crippen LogP contribution in [0.3, 0.4) is 0 Å². The van der Waals surface area contributed by atoms with Gasteiger partial charge in [-0.1, -0.05) is 0 Å². The van der Waals surface area contributed by atoms with Crippen LogP contribution >= 0.6 is 22.6 Å². The summed E-state index contributed by atoms with van der Waals surface area (Å²) in [5, 5.41) is 9.16. The molecule has 3 nitrogen and oxygen atoms in total. The molecule has 0 bridgehead atoms. The van der Waals surface area contributed by atoms with Gasteiger partial charge in [0, 0.05) is 14.8 Å². The minimum absolute atomic E-state index is 0.432. The number of hydrogen-bond acceptors (Lipinski definition) is 1. The molecule has 0 aliphatic carbocycles. The van der Waals surface area contributed by atoms with Crippen molar-refractivity contribution in [2.45, 2.75) is 26.3 Å². The summed E-state index contributed by atoms with van der Waals surface area (Å²) in [4.78, 5) is 12.5. The minimum Gasteiger partial charge on any atom is -0.465 e. The summed E-state index contributed by atoms with van der Waals surface area (Å²) >= 11 is 2.19. The molecule has 0 aromatic heterocycles. The highest BCUT2D eigenvalue weighted by atomic mass is 127. The van der Waals surface area contributed by atoms with Crippen molar-refractivity contribution in [1.29, 1.82) is 0 Å². The number of hydrogen-bond donors (Lipinski definition) is 1. The first-order valence-electron chi connectivity index (χ1n) is 4.61. The second kappa shape index (κ2) is 4.38. The number of benzene rings is 1. The number of rotatable bonds is 1. The van der Waals surface area contributed by atoms with E-state index in [0.29, 0.717) is 5.69 Å². The molecule has 0 heterocycles. The molecule has 0 atom stereocenters. The Morgan fingerprint density at radius 2 is 1.73 bits per heavy atom. The second-order valence-corrected chi connectivity index (χ2v) is 5.51. The summed E-state index contributed by atoms with van der Waals surface area (Å²) in [6, 6.07) is 7.44. The summed E-state index contributed by atoms with van der Waals surface area (Å²) in [5.41, 5.74) is 0.272. The lowest BCUT2D eigenvalue weighted by Crippen LogP contribution is -2.45. The van der Waals surface area contributed by atoms with Crippen LogP contribution in [0.25, 0.3) is 0 Å². The molecule has 1 aromatic carbocycles. The average Bonchev–Trinajstić information content (AvgIpc) is 2.05. The van der Waals surface area contributed by atoms with Crippen LogP contribution in [0.15, 0.2) is 24.3 Å². The molecule has 4 heteroatoms. The Kier molecular flexibility index (Phi) is 3.59. The molecule has 0 spiro atoms. The minimum atomic E-state index is -0.927. The first kappa shape index (κ1) is 12.3. The van der Waals surface area contributed by atoms with Gasteiger partial charge in [-0.15, -0.1) is 0 Å². The second-order valence-electron chi connectivity index (χ2n) is 4.27. The van der Waals surface area contributed by atoms with Gasteiger partial charge in [0.2, 0.25) is 0 Å². The van der Waals surface area contributed by atoms with Gasteiger partial charge in [-0.2, -0.15) is 0 Å². The predicted molar refractivity (Wildman–Crippen MR) is 69.4 cm³/mol. The number of carbonyl (C=O) groups is 1. The van der Waals surface area contributed by atoms with Gasteiger partial charge in [0.1, 0.15) is 0 Å². The molecule has 1 amide bonds. The molecule has 0 aliphatic heterocycles. The predicted octanol–water partition coefficient (Wildman–Crippen LogP) is 3.57. The first-order valence-corrected chi connectivity index (χ1v) is 5.69. The van der Waals surface area contributed by atoms with Crippen molar-refractivity contribution in [2.24, 2.45) is 0 Å². The van der Waals surface area contributed by atoms with Gasteiger partial charge < -0.3 is 5.11 Å². The van der Waals surface area contributed by atoms with Gasteiger partial charge in [-0.05, 0) is 67.6 Å². The number of halogens is 1. The number of nitrogens with zero attached hydrogens (tertiary/aromatic N) is 1. The van der Waals surface area contributed by atoms with Crippen molar-refractivity contribution >= 4 is 34.4 Å². The van der Waals surface area contributed by atoms with E-state index in [2.05, 4.69) is 22.6 Å². The van der Waals surface area contributed by atoms with E-state index in [0.717, 1.165) is 3.57 Å². The van der Waals surface area contributed by atoms with E-state index in [-0.39, 0.29) is 0 Å². The van der Waals surface area contributed by atoms with Gasteiger partial charge in [-0.25, -0.2) is 4.79 Å². The van der Waals surface area contributed by atoms with E-state index < -0.39 is 11.6 Å². The molecular formula is C11H14INO2. The van der Waals surface area contributed by atoms with Crippen LogP contribution < -0.4 is 4.90 Å². The Morgan fingerprint density at radius 1 is 1.27 bits per heavy atom. The van der Waals surface area contributed by atoms with E-state index in [1.807, 2.05) is 45.0 Å². The zero-order valence-corrected chi connectivity index (χ0v) is 11.1. The standard InChI is InChI=1S/C11H14INO2/c1-11(2,3)13(10(14)15)9-6-4-8(12)5-7-9/h4-7H,1-3H3,(H,14,15). The molecule has 0 unspecified atom stereocenters. The van der Waals surface area contributed by atoms with Crippen molar-refractivity contribution in [3.8, 4) is 0 Å². The first-order chi connectivity index (χ1) is 6.82. The van der Waals surface area contributed by atoms with Gasteiger partial charge in [0.25, 0.3) is 0 Å². The Balaban J connectivity index is 3.11. The quantitative estimate of drug-likeness (QED) is 0.804. The Hall–Kier alpha value is -0.780. The van der Waals surface area contributed by atoms with E-state index in [1.54, 1.807) is 0 Å². The monoisotopic (exact) mass is 319 g/mol. The molecule has 0 radical (unpaired) electrons. The SMILES string of the molecule is CC(C)(C)N(C(=O)O)c1ccc(I)cc1. The lowest BCUT2D eigenvalue weighted by atomic mass is 10.1. The van der Waals surface area contributed by atoms with Crippen LogP contribution in [0.2, 0.25) is 0 Å². The van der Waals surface area contributed by atoms with Gasteiger partial charge in [0.05, 0.1) is 0 Å². The molecule has 1 N–H and O–H groups in total. The maximum Gasteiger partial charge on any atom is 0.412 e. The normalized spacial score (nSPS) is 11.2. The Labute approximate surface area is 103 Å². The Morgan fingerprint density at radius 3 is 2.07 bits per heavy atom. The third-order valence-corrected chi connectivity index (χ3v) is 2.67. The van der Waals surface area contributed by atoms with Gasteiger partial charge in [0.15, 0.2) is 0 Å². The molecule has 0 fully saturated rings. The van der Waals surface area contributed by atoms with Crippen LogP contribution in [-0.2, 0) is 0 Å². The lowest BCUT2D eigenvalue weighted by molar-refractivity contribution is 0.195. The van der Waals surface area contributed by atoms with Crippen molar-refractivity contribution in [3.05, 3.63) is 27.8 Å². The molecular weight excluding hydrogens is 305 g/mol. The van der Waals surface area contributed by atoms with Crippen molar-refractivity contribution in [2.75, 3.05) is 4.90 Å². The highest BCUT2D eigenvalue weighted by Gasteiger charge is 2.27. The summed E-state index contributed by atoms with van der Waals surface area (Å²) in [6.07, 6.45) is -0.927. The topological polar surface area (TPSA) is 40.5 Å². The third-order valence-electron chi connectivity index (χ3n) is 1.95. The zero-order chi connectivity index (χ0) is 11.6. The molecule has 82 valence electrons. The van der Waals surface area contributed by atoms with Crippen molar-refractivity contribution in [1.82, 2.24) is 0 Å². The van der Waals surface area contributed by atoms with Crippen molar-refractivity contribution < 1.29 is 9.90 Å². The molecule has 1 aromatic rings. The molecule has 0 saturated heterocycles.